The zero-order chi connectivity index (χ0) is 16.5. The molecule has 0 aromatic heterocycles. The average Bonchev–Trinajstić information content (AvgIpc) is 2.37. The SMILES string of the molecule is Cc1cc(C(F)(F)F)ccc1-c1ccc(OC(F)(F)F)cc1. The second kappa shape index (κ2) is 5.55. The predicted octanol–water partition coefficient (Wildman–Crippen LogP) is 5.58. The van der Waals surface area contributed by atoms with E-state index < -0.39 is 18.1 Å². The monoisotopic (exact) mass is 320 g/mol. The van der Waals surface area contributed by atoms with Crippen molar-refractivity contribution in [3.63, 3.8) is 0 Å². The van der Waals surface area contributed by atoms with Gasteiger partial charge in [0.2, 0.25) is 0 Å². The summed E-state index contributed by atoms with van der Waals surface area (Å²) in [6.45, 7) is 1.50. The molecule has 0 unspecified atom stereocenters. The van der Waals surface area contributed by atoms with Gasteiger partial charge in [0.05, 0.1) is 5.56 Å². The highest BCUT2D eigenvalue weighted by Crippen LogP contribution is 2.34. The number of hydrogen-bond acceptors (Lipinski definition) is 1. The Labute approximate surface area is 122 Å². The number of rotatable bonds is 2. The number of halogens is 6. The van der Waals surface area contributed by atoms with Gasteiger partial charge in [-0.3, -0.25) is 0 Å². The number of hydrogen-bond donors (Lipinski definition) is 0. The molecular weight excluding hydrogens is 310 g/mol. The van der Waals surface area contributed by atoms with Crippen LogP contribution in [0.3, 0.4) is 0 Å². The molecule has 0 saturated carbocycles. The lowest BCUT2D eigenvalue weighted by Crippen LogP contribution is -2.16. The van der Waals surface area contributed by atoms with E-state index >= 15 is 0 Å². The molecule has 118 valence electrons. The van der Waals surface area contributed by atoms with Gasteiger partial charge in [0.1, 0.15) is 5.75 Å². The van der Waals surface area contributed by atoms with Crippen LogP contribution in [0.1, 0.15) is 11.1 Å². The Morgan fingerprint density at radius 1 is 0.818 bits per heavy atom. The van der Waals surface area contributed by atoms with Crippen molar-refractivity contribution in [3.8, 4) is 16.9 Å². The summed E-state index contributed by atoms with van der Waals surface area (Å²) >= 11 is 0. The first-order valence-electron chi connectivity index (χ1n) is 6.10. The predicted molar refractivity (Wildman–Crippen MR) is 68.3 cm³/mol. The zero-order valence-electron chi connectivity index (χ0n) is 11.2. The minimum atomic E-state index is -4.79. The summed E-state index contributed by atoms with van der Waals surface area (Å²) in [5, 5.41) is 0. The van der Waals surface area contributed by atoms with Crippen molar-refractivity contribution in [2.24, 2.45) is 0 Å². The average molecular weight is 320 g/mol. The molecule has 0 aliphatic rings. The van der Waals surface area contributed by atoms with Gasteiger partial charge in [0, 0.05) is 0 Å². The summed E-state index contributed by atoms with van der Waals surface area (Å²) in [5.74, 6) is -0.388. The van der Waals surface area contributed by atoms with Gasteiger partial charge in [-0.25, -0.2) is 0 Å². The topological polar surface area (TPSA) is 9.23 Å². The number of alkyl halides is 6. The second-order valence-electron chi connectivity index (χ2n) is 4.60. The van der Waals surface area contributed by atoms with E-state index in [1.165, 1.54) is 25.1 Å². The highest BCUT2D eigenvalue weighted by atomic mass is 19.4. The molecule has 0 fully saturated rings. The summed E-state index contributed by atoms with van der Waals surface area (Å²) < 4.78 is 77.7. The van der Waals surface area contributed by atoms with Crippen molar-refractivity contribution in [1.82, 2.24) is 0 Å². The minimum Gasteiger partial charge on any atom is -0.406 e. The smallest absolute Gasteiger partial charge is 0.406 e. The van der Waals surface area contributed by atoms with E-state index in [9.17, 15) is 26.3 Å². The first kappa shape index (κ1) is 16.2. The maximum atomic E-state index is 12.6. The van der Waals surface area contributed by atoms with Gasteiger partial charge in [-0.2, -0.15) is 13.2 Å². The van der Waals surface area contributed by atoms with Crippen molar-refractivity contribution in [2.45, 2.75) is 19.5 Å². The number of ether oxygens (including phenoxy) is 1. The highest BCUT2D eigenvalue weighted by Gasteiger charge is 2.31. The molecule has 0 amide bonds. The molecule has 0 bridgehead atoms. The minimum absolute atomic E-state index is 0.374. The van der Waals surface area contributed by atoms with Crippen LogP contribution in [0, 0.1) is 6.92 Å². The van der Waals surface area contributed by atoms with Gasteiger partial charge in [0.15, 0.2) is 0 Å². The molecule has 0 atom stereocenters. The van der Waals surface area contributed by atoms with Crippen LogP contribution in [-0.2, 0) is 6.18 Å². The molecule has 22 heavy (non-hydrogen) atoms. The van der Waals surface area contributed by atoms with Crippen molar-refractivity contribution in [3.05, 3.63) is 53.6 Å². The Balaban J connectivity index is 2.29. The standard InChI is InChI=1S/C15H10F6O/c1-9-8-11(14(16,17)18)4-7-13(9)10-2-5-12(6-3-10)22-15(19,20)21/h2-8H,1H3. The van der Waals surface area contributed by atoms with Crippen LogP contribution < -0.4 is 4.74 Å². The summed E-state index contributed by atoms with van der Waals surface area (Å²) in [6, 6.07) is 8.16. The van der Waals surface area contributed by atoms with Crippen molar-refractivity contribution in [1.29, 1.82) is 0 Å². The molecule has 0 aliphatic carbocycles. The van der Waals surface area contributed by atoms with Crippen LogP contribution in [0.15, 0.2) is 42.5 Å². The van der Waals surface area contributed by atoms with Crippen molar-refractivity contribution < 1.29 is 31.1 Å². The van der Waals surface area contributed by atoms with Gasteiger partial charge in [-0.15, -0.1) is 13.2 Å². The van der Waals surface area contributed by atoms with E-state index in [1.807, 2.05) is 0 Å². The van der Waals surface area contributed by atoms with Crippen molar-refractivity contribution in [2.75, 3.05) is 0 Å². The van der Waals surface area contributed by atoms with Crippen LogP contribution in [-0.4, -0.2) is 6.36 Å². The zero-order valence-corrected chi connectivity index (χ0v) is 11.2. The molecule has 0 aliphatic heterocycles. The summed E-state index contributed by atoms with van der Waals surface area (Å²) in [7, 11) is 0. The van der Waals surface area contributed by atoms with Crippen LogP contribution in [0.2, 0.25) is 0 Å². The van der Waals surface area contributed by atoms with Crippen LogP contribution in [0.25, 0.3) is 11.1 Å². The number of aryl methyl sites for hydroxylation is 1. The fourth-order valence-corrected chi connectivity index (χ4v) is 2.00. The first-order chi connectivity index (χ1) is 10.1. The molecule has 7 heteroatoms. The summed E-state index contributed by atoms with van der Waals surface area (Å²) in [4.78, 5) is 0. The molecule has 0 spiro atoms. The molecule has 0 radical (unpaired) electrons. The Morgan fingerprint density at radius 3 is 1.86 bits per heavy atom. The molecule has 1 nitrogen and oxygen atoms in total. The lowest BCUT2D eigenvalue weighted by molar-refractivity contribution is -0.274. The maximum Gasteiger partial charge on any atom is 0.573 e. The third-order valence-corrected chi connectivity index (χ3v) is 2.95. The molecule has 2 aromatic carbocycles. The van der Waals surface area contributed by atoms with Crippen LogP contribution in [0.5, 0.6) is 5.75 Å². The summed E-state index contributed by atoms with van der Waals surface area (Å²) in [6.07, 6.45) is -9.22. The van der Waals surface area contributed by atoms with Crippen LogP contribution >= 0.6 is 0 Å². The largest absolute Gasteiger partial charge is 0.573 e. The quantitative estimate of drug-likeness (QED) is 0.656. The van der Waals surface area contributed by atoms with E-state index in [0.717, 1.165) is 24.3 Å². The lowest BCUT2D eigenvalue weighted by atomic mass is 9.98. The Hall–Kier alpha value is -2.18. The molecule has 0 saturated heterocycles. The molecule has 2 aromatic rings. The molecular formula is C15H10F6O. The fraction of sp³-hybridized carbons (Fsp3) is 0.200. The Bertz CT molecular complexity index is 655. The Morgan fingerprint density at radius 2 is 1.41 bits per heavy atom. The van der Waals surface area contributed by atoms with E-state index in [1.54, 1.807) is 0 Å². The molecule has 0 heterocycles. The second-order valence-corrected chi connectivity index (χ2v) is 4.60. The van der Waals surface area contributed by atoms with E-state index in [-0.39, 0.29) is 5.75 Å². The van der Waals surface area contributed by atoms with Gasteiger partial charge >= 0.3 is 12.5 Å². The van der Waals surface area contributed by atoms with Gasteiger partial charge < -0.3 is 4.74 Å². The van der Waals surface area contributed by atoms with E-state index in [2.05, 4.69) is 4.74 Å². The normalized spacial score (nSPS) is 12.3. The van der Waals surface area contributed by atoms with E-state index in [0.29, 0.717) is 16.7 Å². The fourth-order valence-electron chi connectivity index (χ4n) is 2.00. The first-order valence-corrected chi connectivity index (χ1v) is 6.10. The molecule has 0 N–H and O–H groups in total. The molecule has 2 rings (SSSR count). The Kier molecular flexibility index (Phi) is 4.08. The number of benzene rings is 2. The van der Waals surface area contributed by atoms with Gasteiger partial charge in [-0.1, -0.05) is 18.2 Å². The van der Waals surface area contributed by atoms with E-state index in [4.69, 9.17) is 0 Å². The van der Waals surface area contributed by atoms with Crippen molar-refractivity contribution >= 4 is 0 Å². The van der Waals surface area contributed by atoms with Gasteiger partial charge in [-0.05, 0) is 47.9 Å². The third-order valence-electron chi connectivity index (χ3n) is 2.95. The van der Waals surface area contributed by atoms with Crippen LogP contribution in [0.4, 0.5) is 26.3 Å². The summed E-state index contributed by atoms with van der Waals surface area (Å²) in [5.41, 5.74) is 0.609. The van der Waals surface area contributed by atoms with Gasteiger partial charge in [0.25, 0.3) is 0 Å². The lowest BCUT2D eigenvalue weighted by Gasteiger charge is -2.12. The maximum absolute atomic E-state index is 12.6. The third kappa shape index (κ3) is 3.93. The highest BCUT2D eigenvalue weighted by molar-refractivity contribution is 5.68.